The predicted octanol–water partition coefficient (Wildman–Crippen LogP) is 5.55. The molecule has 1 heterocycles. The van der Waals surface area contributed by atoms with Gasteiger partial charge in [0.2, 0.25) is 5.91 Å². The lowest BCUT2D eigenvalue weighted by Gasteiger charge is -2.36. The smallest absolute Gasteiger partial charge is 0.410 e. The van der Waals surface area contributed by atoms with Gasteiger partial charge >= 0.3 is 6.09 Å². The molecule has 1 aromatic carbocycles. The summed E-state index contributed by atoms with van der Waals surface area (Å²) in [4.78, 5) is 26.7. The van der Waals surface area contributed by atoms with Crippen LogP contribution in [0.2, 0.25) is 18.1 Å². The van der Waals surface area contributed by atoms with Gasteiger partial charge in [-0.25, -0.2) is 9.18 Å². The second-order valence-corrected chi connectivity index (χ2v) is 15.0. The zero-order chi connectivity index (χ0) is 22.9. The number of ether oxygens (including phenoxy) is 1. The molecule has 0 unspecified atom stereocenters. The highest BCUT2D eigenvalue weighted by molar-refractivity contribution is 6.74. The first kappa shape index (κ1) is 24.2. The first-order valence-corrected chi connectivity index (χ1v) is 13.3. The maximum absolute atomic E-state index is 15.1. The lowest BCUT2D eigenvalue weighted by molar-refractivity contribution is -0.120. The Labute approximate surface area is 180 Å². The third-order valence-corrected chi connectivity index (χ3v) is 9.92. The fraction of sp³-hybridized carbons (Fsp3) is 0.636. The summed E-state index contributed by atoms with van der Waals surface area (Å²) in [6.07, 6.45) is 0.664. The largest absolute Gasteiger partial charge is 0.541 e. The average molecular weight is 439 g/mol. The highest BCUT2D eigenvalue weighted by atomic mass is 28.4. The van der Waals surface area contributed by atoms with Gasteiger partial charge in [-0.05, 0) is 63.9 Å². The van der Waals surface area contributed by atoms with E-state index in [2.05, 4.69) is 26.1 Å². The average Bonchev–Trinajstić information content (AvgIpc) is 3.05. The van der Waals surface area contributed by atoms with Crippen molar-refractivity contribution in [2.75, 3.05) is 11.9 Å². The van der Waals surface area contributed by atoms with Crippen LogP contribution in [0.1, 0.15) is 54.4 Å². The molecule has 2 rings (SSSR count). The van der Waals surface area contributed by atoms with Crippen LogP contribution in [0.15, 0.2) is 18.2 Å². The lowest BCUT2D eigenvalue weighted by Crippen LogP contribution is -2.45. The summed E-state index contributed by atoms with van der Waals surface area (Å²) in [5, 5.41) is 2.55. The number of anilines is 1. The Morgan fingerprint density at radius 3 is 2.37 bits per heavy atom. The molecule has 0 saturated carbocycles. The summed E-state index contributed by atoms with van der Waals surface area (Å²) in [7, 11) is -2.24. The van der Waals surface area contributed by atoms with Crippen LogP contribution in [0.25, 0.3) is 0 Å². The number of nitrogens with zero attached hydrogens (tertiary/aromatic N) is 1. The predicted molar refractivity (Wildman–Crippen MR) is 119 cm³/mol. The van der Waals surface area contributed by atoms with Crippen LogP contribution < -0.4 is 9.74 Å². The quantitative estimate of drug-likeness (QED) is 0.626. The number of carbonyl (C=O) groups excluding carboxylic acids is 2. The Morgan fingerprint density at radius 2 is 1.80 bits per heavy atom. The SMILES string of the molecule is CC(C)(C)OC(=O)N1CCC[C@H]1C(=O)Nc1cccc(O[Si](C)(C)C(C)(C)C)c1F. The normalized spacial score (nSPS) is 17.6. The first-order valence-electron chi connectivity index (χ1n) is 10.4. The number of nitrogens with one attached hydrogen (secondary N) is 1. The Morgan fingerprint density at radius 1 is 1.17 bits per heavy atom. The molecule has 1 saturated heterocycles. The molecule has 0 aromatic heterocycles. The van der Waals surface area contributed by atoms with Gasteiger partial charge < -0.3 is 14.5 Å². The van der Waals surface area contributed by atoms with Gasteiger partial charge in [0.15, 0.2) is 5.82 Å². The molecule has 1 N–H and O–H groups in total. The summed E-state index contributed by atoms with van der Waals surface area (Å²) in [6, 6.07) is 4.04. The van der Waals surface area contributed by atoms with E-state index in [1.165, 1.54) is 11.0 Å². The third kappa shape index (κ3) is 5.74. The van der Waals surface area contributed by atoms with E-state index < -0.39 is 37.8 Å². The lowest BCUT2D eigenvalue weighted by atomic mass is 10.2. The van der Waals surface area contributed by atoms with Gasteiger partial charge in [0.05, 0.1) is 5.69 Å². The summed E-state index contributed by atoms with van der Waals surface area (Å²) in [6.45, 7) is 16.1. The molecule has 0 radical (unpaired) electrons. The van der Waals surface area contributed by atoms with Crippen molar-refractivity contribution in [1.29, 1.82) is 0 Å². The minimum Gasteiger partial charge on any atom is -0.541 e. The molecular formula is C22H35FN2O4Si. The number of amides is 2. The number of rotatable bonds is 4. The van der Waals surface area contributed by atoms with E-state index in [4.69, 9.17) is 9.16 Å². The van der Waals surface area contributed by atoms with Gasteiger partial charge in [-0.15, -0.1) is 0 Å². The first-order chi connectivity index (χ1) is 13.6. The molecule has 0 spiro atoms. The van der Waals surface area contributed by atoms with Gasteiger partial charge in [0.25, 0.3) is 8.32 Å². The van der Waals surface area contributed by atoms with Gasteiger partial charge in [-0.1, -0.05) is 26.8 Å². The molecule has 1 aliphatic rings. The summed E-state index contributed by atoms with van der Waals surface area (Å²) < 4.78 is 26.6. The Hall–Kier alpha value is -2.09. The van der Waals surface area contributed by atoms with E-state index in [1.807, 2.05) is 13.1 Å². The monoisotopic (exact) mass is 438 g/mol. The molecule has 0 bridgehead atoms. The zero-order valence-corrected chi connectivity index (χ0v) is 20.4. The number of likely N-dealkylation sites (tertiary alicyclic amines) is 1. The molecular weight excluding hydrogens is 403 g/mol. The highest BCUT2D eigenvalue weighted by Crippen LogP contribution is 2.39. The zero-order valence-electron chi connectivity index (χ0n) is 19.4. The molecule has 168 valence electrons. The molecule has 8 heteroatoms. The number of hydrogen-bond acceptors (Lipinski definition) is 4. The Bertz CT molecular complexity index is 799. The third-order valence-electron chi connectivity index (χ3n) is 5.58. The minimum atomic E-state index is -2.24. The van der Waals surface area contributed by atoms with Crippen LogP contribution in [-0.2, 0) is 9.53 Å². The minimum absolute atomic E-state index is 0.0484. The van der Waals surface area contributed by atoms with Crippen molar-refractivity contribution in [3.63, 3.8) is 0 Å². The summed E-state index contributed by atoms with van der Waals surface area (Å²) in [5.74, 6) is -0.894. The van der Waals surface area contributed by atoms with Crippen molar-refractivity contribution in [2.24, 2.45) is 0 Å². The van der Waals surface area contributed by atoms with Crippen molar-refractivity contribution in [3.8, 4) is 5.75 Å². The van der Waals surface area contributed by atoms with E-state index in [0.717, 1.165) is 0 Å². The number of benzene rings is 1. The van der Waals surface area contributed by atoms with E-state index in [1.54, 1.807) is 32.9 Å². The molecule has 1 aromatic rings. The van der Waals surface area contributed by atoms with Gasteiger partial charge in [0.1, 0.15) is 17.4 Å². The Balaban J connectivity index is 2.16. The van der Waals surface area contributed by atoms with E-state index in [0.29, 0.717) is 19.4 Å². The van der Waals surface area contributed by atoms with Crippen LogP contribution in [0.4, 0.5) is 14.9 Å². The van der Waals surface area contributed by atoms with E-state index >= 15 is 4.39 Å². The van der Waals surface area contributed by atoms with Gasteiger partial charge in [-0.2, -0.15) is 0 Å². The maximum Gasteiger partial charge on any atom is 0.410 e. The van der Waals surface area contributed by atoms with Crippen LogP contribution in [0.5, 0.6) is 5.75 Å². The second kappa shape index (κ2) is 8.57. The van der Waals surface area contributed by atoms with Crippen LogP contribution in [0, 0.1) is 5.82 Å². The van der Waals surface area contributed by atoms with Crippen molar-refractivity contribution in [1.82, 2.24) is 4.90 Å². The van der Waals surface area contributed by atoms with Gasteiger partial charge in [-0.3, -0.25) is 9.69 Å². The standard InChI is InChI=1S/C22H35FN2O4Si/c1-21(2,3)28-20(27)25-14-10-12-16(25)19(26)24-15-11-9-13-17(18(15)23)29-30(7,8)22(4,5)6/h9,11,13,16H,10,12,14H2,1-8H3,(H,24,26)/t16-/m0/s1. The molecule has 1 atom stereocenters. The molecule has 30 heavy (non-hydrogen) atoms. The number of hydrogen-bond donors (Lipinski definition) is 1. The number of carbonyl (C=O) groups is 2. The molecule has 2 amide bonds. The van der Waals surface area contributed by atoms with Crippen LogP contribution >= 0.6 is 0 Å². The van der Waals surface area contributed by atoms with Crippen LogP contribution in [0.3, 0.4) is 0 Å². The van der Waals surface area contributed by atoms with Crippen molar-refractivity contribution < 1.29 is 23.1 Å². The number of halogens is 1. The molecule has 1 fully saturated rings. The fourth-order valence-electron chi connectivity index (χ4n) is 2.91. The summed E-state index contributed by atoms with van der Waals surface area (Å²) >= 11 is 0. The molecule has 0 aliphatic carbocycles. The van der Waals surface area contributed by atoms with Gasteiger partial charge in [0, 0.05) is 6.54 Å². The molecule has 1 aliphatic heterocycles. The fourth-order valence-corrected chi connectivity index (χ4v) is 3.92. The van der Waals surface area contributed by atoms with Crippen molar-refractivity contribution in [2.45, 2.75) is 84.2 Å². The van der Waals surface area contributed by atoms with Crippen molar-refractivity contribution >= 4 is 26.0 Å². The highest BCUT2D eigenvalue weighted by Gasteiger charge is 2.40. The summed E-state index contributed by atoms with van der Waals surface area (Å²) in [5.41, 5.74) is -0.602. The Kier molecular flexibility index (Phi) is 6.91. The topological polar surface area (TPSA) is 67.9 Å². The van der Waals surface area contributed by atoms with E-state index in [-0.39, 0.29) is 16.5 Å². The maximum atomic E-state index is 15.1. The van der Waals surface area contributed by atoms with Crippen molar-refractivity contribution in [3.05, 3.63) is 24.0 Å². The molecule has 6 nitrogen and oxygen atoms in total. The van der Waals surface area contributed by atoms with E-state index in [9.17, 15) is 9.59 Å². The van der Waals surface area contributed by atoms with Crippen LogP contribution in [-0.4, -0.2) is 43.4 Å². The second-order valence-electron chi connectivity index (χ2n) is 10.3.